The molecule has 1 aliphatic rings. The Morgan fingerprint density at radius 1 is 0.889 bits per heavy atom. The molecule has 104 valence electrons. The minimum Gasteiger partial charge on any atom is -0.493 e. The first-order valence-electron chi connectivity index (χ1n) is 6.79. The second-order valence-corrected chi connectivity index (χ2v) is 3.40. The van der Waals surface area contributed by atoms with Crippen molar-refractivity contribution in [3.8, 4) is 11.5 Å². The van der Waals surface area contributed by atoms with Crippen molar-refractivity contribution < 1.29 is 9.47 Å². The lowest BCUT2D eigenvalue weighted by Gasteiger charge is -2.19. The molecule has 0 fully saturated rings. The second kappa shape index (κ2) is 9.77. The third kappa shape index (κ3) is 4.22. The lowest BCUT2D eigenvalue weighted by molar-refractivity contribution is 0.353. The van der Waals surface area contributed by atoms with Gasteiger partial charge in [-0.3, -0.25) is 0 Å². The number of methoxy groups -OCH3 is 2. The van der Waals surface area contributed by atoms with Crippen molar-refractivity contribution in [1.82, 2.24) is 5.32 Å². The molecule has 2 rings (SSSR count). The maximum absolute atomic E-state index is 5.26. The molecule has 0 aliphatic carbocycles. The molecule has 0 bridgehead atoms. The first-order chi connectivity index (χ1) is 8.85. The monoisotopic (exact) mass is 253 g/mol. The Morgan fingerprint density at radius 3 is 1.89 bits per heavy atom. The fraction of sp³-hybridized carbons (Fsp3) is 0.600. The van der Waals surface area contributed by atoms with Gasteiger partial charge in [-0.1, -0.05) is 27.7 Å². The molecule has 1 heterocycles. The van der Waals surface area contributed by atoms with Gasteiger partial charge in [0.2, 0.25) is 0 Å². The Morgan fingerprint density at radius 2 is 1.39 bits per heavy atom. The third-order valence-corrected chi connectivity index (χ3v) is 2.59. The summed E-state index contributed by atoms with van der Waals surface area (Å²) in [5.74, 6) is 1.64. The summed E-state index contributed by atoms with van der Waals surface area (Å²) in [7, 11) is 3.34. The molecular formula is C15H27NO2. The fourth-order valence-electron chi connectivity index (χ4n) is 1.81. The molecule has 1 aliphatic heterocycles. The zero-order valence-electron chi connectivity index (χ0n) is 12.6. The van der Waals surface area contributed by atoms with E-state index < -0.39 is 0 Å². The van der Waals surface area contributed by atoms with Crippen LogP contribution < -0.4 is 14.8 Å². The van der Waals surface area contributed by atoms with Crippen LogP contribution in [0.15, 0.2) is 12.1 Å². The fourth-order valence-corrected chi connectivity index (χ4v) is 1.81. The quantitative estimate of drug-likeness (QED) is 0.876. The van der Waals surface area contributed by atoms with Crippen molar-refractivity contribution in [3.63, 3.8) is 0 Å². The molecule has 0 aromatic heterocycles. The third-order valence-electron chi connectivity index (χ3n) is 2.59. The summed E-state index contributed by atoms with van der Waals surface area (Å²) in [6.07, 6.45) is 1.07. The molecule has 1 N–H and O–H groups in total. The smallest absolute Gasteiger partial charge is 0.161 e. The van der Waals surface area contributed by atoms with Gasteiger partial charge in [-0.25, -0.2) is 0 Å². The Labute approximate surface area is 111 Å². The van der Waals surface area contributed by atoms with Gasteiger partial charge in [0.1, 0.15) is 0 Å². The Hall–Kier alpha value is -1.22. The van der Waals surface area contributed by atoms with E-state index in [2.05, 4.69) is 17.4 Å². The van der Waals surface area contributed by atoms with Crippen molar-refractivity contribution >= 4 is 0 Å². The van der Waals surface area contributed by atoms with Crippen LogP contribution in [0, 0.1) is 0 Å². The Kier molecular flexibility index (Phi) is 9.11. The maximum atomic E-state index is 5.26. The van der Waals surface area contributed by atoms with Gasteiger partial charge in [-0.05, 0) is 36.2 Å². The molecular weight excluding hydrogens is 226 g/mol. The summed E-state index contributed by atoms with van der Waals surface area (Å²) in [6.45, 7) is 9.97. The predicted molar refractivity (Wildman–Crippen MR) is 77.7 cm³/mol. The molecule has 3 nitrogen and oxygen atoms in total. The topological polar surface area (TPSA) is 30.5 Å². The van der Waals surface area contributed by atoms with Crippen molar-refractivity contribution in [1.29, 1.82) is 0 Å². The highest BCUT2D eigenvalue weighted by molar-refractivity contribution is 5.48. The molecule has 0 radical (unpaired) electrons. The maximum Gasteiger partial charge on any atom is 0.161 e. The van der Waals surface area contributed by atoms with E-state index in [1.165, 1.54) is 11.1 Å². The molecule has 0 saturated heterocycles. The van der Waals surface area contributed by atoms with Gasteiger partial charge in [0.15, 0.2) is 11.5 Å². The number of nitrogens with one attached hydrogen (secondary N) is 1. The molecule has 0 amide bonds. The average Bonchev–Trinajstić information content (AvgIpc) is 2.49. The van der Waals surface area contributed by atoms with Gasteiger partial charge in [0.05, 0.1) is 14.2 Å². The van der Waals surface area contributed by atoms with Crippen molar-refractivity contribution in [2.75, 3.05) is 20.8 Å². The first kappa shape index (κ1) is 16.8. The summed E-state index contributed by atoms with van der Waals surface area (Å²) in [4.78, 5) is 0. The Balaban J connectivity index is 0.000000659. The molecule has 0 saturated carbocycles. The highest BCUT2D eigenvalue weighted by Gasteiger charge is 2.13. The average molecular weight is 253 g/mol. The summed E-state index contributed by atoms with van der Waals surface area (Å²) < 4.78 is 10.5. The van der Waals surface area contributed by atoms with E-state index in [0.29, 0.717) is 0 Å². The SMILES string of the molecule is CC.CC.COc1cc2c(cc1OC)CNCC2. The number of ether oxygens (including phenoxy) is 2. The van der Waals surface area contributed by atoms with Gasteiger partial charge < -0.3 is 14.8 Å². The largest absolute Gasteiger partial charge is 0.493 e. The van der Waals surface area contributed by atoms with Crippen molar-refractivity contribution in [2.24, 2.45) is 0 Å². The minimum absolute atomic E-state index is 0.815. The van der Waals surface area contributed by atoms with E-state index in [1.807, 2.05) is 27.7 Å². The summed E-state index contributed by atoms with van der Waals surface area (Å²) in [5, 5.41) is 3.33. The number of hydrogen-bond acceptors (Lipinski definition) is 3. The number of hydrogen-bond donors (Lipinski definition) is 1. The number of rotatable bonds is 2. The van der Waals surface area contributed by atoms with Crippen molar-refractivity contribution in [2.45, 2.75) is 40.7 Å². The zero-order valence-corrected chi connectivity index (χ0v) is 12.6. The molecule has 0 atom stereocenters. The molecule has 0 spiro atoms. The van der Waals surface area contributed by atoms with Crippen LogP contribution in [-0.2, 0) is 13.0 Å². The van der Waals surface area contributed by atoms with E-state index in [9.17, 15) is 0 Å². The van der Waals surface area contributed by atoms with E-state index in [1.54, 1.807) is 14.2 Å². The van der Waals surface area contributed by atoms with Crippen LogP contribution in [0.4, 0.5) is 0 Å². The van der Waals surface area contributed by atoms with Crippen molar-refractivity contribution in [3.05, 3.63) is 23.3 Å². The highest BCUT2D eigenvalue weighted by Crippen LogP contribution is 2.31. The predicted octanol–water partition coefficient (Wildman–Crippen LogP) is 3.40. The lowest BCUT2D eigenvalue weighted by atomic mass is 10.0. The lowest BCUT2D eigenvalue weighted by Crippen LogP contribution is -2.23. The minimum atomic E-state index is 0.815. The molecule has 1 aromatic carbocycles. The van der Waals surface area contributed by atoms with Crippen LogP contribution in [-0.4, -0.2) is 20.8 Å². The summed E-state index contributed by atoms with van der Waals surface area (Å²) in [6, 6.07) is 4.13. The normalized spacial score (nSPS) is 12.1. The Bertz CT molecular complexity index is 293. The van der Waals surface area contributed by atoms with Crippen LogP contribution >= 0.6 is 0 Å². The van der Waals surface area contributed by atoms with Crippen LogP contribution in [0.2, 0.25) is 0 Å². The summed E-state index contributed by atoms with van der Waals surface area (Å²) >= 11 is 0. The number of fused-ring (bicyclic) bond motifs is 1. The molecule has 18 heavy (non-hydrogen) atoms. The van der Waals surface area contributed by atoms with Crippen LogP contribution in [0.5, 0.6) is 11.5 Å². The van der Waals surface area contributed by atoms with E-state index >= 15 is 0 Å². The van der Waals surface area contributed by atoms with E-state index in [0.717, 1.165) is 31.0 Å². The van der Waals surface area contributed by atoms with Crippen LogP contribution in [0.3, 0.4) is 0 Å². The van der Waals surface area contributed by atoms with Crippen LogP contribution in [0.1, 0.15) is 38.8 Å². The van der Waals surface area contributed by atoms with E-state index in [4.69, 9.17) is 9.47 Å². The standard InChI is InChI=1S/C11H15NO2.2C2H6/c1-13-10-5-8-3-4-12-7-9(8)6-11(10)14-2;2*1-2/h5-6,12H,3-4,7H2,1-2H3;2*1-2H3. The molecule has 1 aromatic rings. The zero-order chi connectivity index (χ0) is 14.0. The van der Waals surface area contributed by atoms with Gasteiger partial charge in [-0.15, -0.1) is 0 Å². The summed E-state index contributed by atoms with van der Waals surface area (Å²) in [5.41, 5.74) is 2.68. The van der Waals surface area contributed by atoms with Gasteiger partial charge in [0.25, 0.3) is 0 Å². The molecule has 3 heteroatoms. The van der Waals surface area contributed by atoms with E-state index in [-0.39, 0.29) is 0 Å². The van der Waals surface area contributed by atoms with Crippen LogP contribution in [0.25, 0.3) is 0 Å². The second-order valence-electron chi connectivity index (χ2n) is 3.40. The number of benzene rings is 1. The first-order valence-corrected chi connectivity index (χ1v) is 6.79. The van der Waals surface area contributed by atoms with Gasteiger partial charge >= 0.3 is 0 Å². The van der Waals surface area contributed by atoms with Gasteiger partial charge in [0, 0.05) is 6.54 Å². The highest BCUT2D eigenvalue weighted by atomic mass is 16.5. The van der Waals surface area contributed by atoms with Gasteiger partial charge in [-0.2, -0.15) is 0 Å². The molecule has 0 unspecified atom stereocenters.